The molecule has 0 saturated carbocycles. The number of benzene rings is 2. The third-order valence-electron chi connectivity index (χ3n) is 10.8. The average Bonchev–Trinajstić information content (AvgIpc) is 3.65. The van der Waals surface area contributed by atoms with Crippen LogP contribution in [-0.4, -0.2) is 81.0 Å². The Morgan fingerprint density at radius 1 is 1.07 bits per heavy atom. The van der Waals surface area contributed by atoms with E-state index in [4.69, 9.17) is 26.3 Å². The highest BCUT2D eigenvalue weighted by Crippen LogP contribution is 2.45. The second-order valence-corrected chi connectivity index (χ2v) is 13.8. The molecule has 5 aliphatic rings. The predicted octanol–water partition coefficient (Wildman–Crippen LogP) is 5.69. The molecule has 2 aromatic heterocycles. The molecule has 2 aromatic carbocycles. The molecule has 7 heterocycles. The Bertz CT molecular complexity index is 1900. The Morgan fingerprint density at radius 2 is 1.96 bits per heavy atom. The lowest BCUT2D eigenvalue weighted by atomic mass is 9.95. The third kappa shape index (κ3) is 4.23. The fourth-order valence-corrected chi connectivity index (χ4v) is 8.98. The monoisotopic (exact) mass is 636 g/mol. The average molecular weight is 637 g/mol. The first kappa shape index (κ1) is 27.9. The van der Waals surface area contributed by atoms with Gasteiger partial charge in [0.05, 0.1) is 21.6 Å². The number of nitrogens with zero attached hydrogens (tertiary/aromatic N) is 5. The van der Waals surface area contributed by atoms with Gasteiger partial charge in [0.2, 0.25) is 0 Å². The number of phenols is 1. The summed E-state index contributed by atoms with van der Waals surface area (Å²) in [6.07, 6.45) is 4.69. The van der Waals surface area contributed by atoms with Crippen molar-refractivity contribution < 1.29 is 23.0 Å². The van der Waals surface area contributed by atoms with Gasteiger partial charge in [-0.1, -0.05) is 17.7 Å². The number of fused-ring (bicyclic) bond motifs is 7. The zero-order valence-electron chi connectivity index (χ0n) is 24.5. The number of alkyl halides is 1. The lowest BCUT2D eigenvalue weighted by Crippen LogP contribution is -2.58. The van der Waals surface area contributed by atoms with Crippen LogP contribution in [0.2, 0.25) is 5.02 Å². The minimum Gasteiger partial charge on any atom is -0.508 e. The Kier molecular flexibility index (Phi) is 6.22. The summed E-state index contributed by atoms with van der Waals surface area (Å²) in [7, 11) is 0. The van der Waals surface area contributed by atoms with E-state index in [1.807, 2.05) is 0 Å². The molecule has 0 unspecified atom stereocenters. The van der Waals surface area contributed by atoms with E-state index >= 15 is 8.78 Å². The molecule has 4 saturated heterocycles. The predicted molar refractivity (Wildman–Crippen MR) is 165 cm³/mol. The molecular formula is C33H32ClF3N6O2. The van der Waals surface area contributed by atoms with E-state index in [0.717, 1.165) is 45.2 Å². The van der Waals surface area contributed by atoms with Gasteiger partial charge < -0.3 is 20.1 Å². The van der Waals surface area contributed by atoms with Gasteiger partial charge in [0.1, 0.15) is 41.4 Å². The van der Waals surface area contributed by atoms with E-state index in [0.29, 0.717) is 47.7 Å². The lowest BCUT2D eigenvalue weighted by Gasteiger charge is -2.41. The number of aromatic hydroxyl groups is 1. The van der Waals surface area contributed by atoms with Crippen molar-refractivity contribution in [3.05, 3.63) is 46.6 Å². The smallest absolute Gasteiger partial charge is 0.319 e. The molecule has 4 aromatic rings. The minimum atomic E-state index is -0.909. The topological polar surface area (TPSA) is 86.6 Å². The van der Waals surface area contributed by atoms with Crippen LogP contribution in [-0.2, 0) is 6.42 Å². The van der Waals surface area contributed by atoms with E-state index in [2.05, 4.69) is 20.1 Å². The molecule has 0 aliphatic carbocycles. The highest BCUT2D eigenvalue weighted by atomic mass is 35.5. The van der Waals surface area contributed by atoms with Crippen LogP contribution in [0.3, 0.4) is 0 Å². The fourth-order valence-electron chi connectivity index (χ4n) is 8.83. The molecular weight excluding hydrogens is 605 g/mol. The van der Waals surface area contributed by atoms with E-state index < -0.39 is 23.3 Å². The summed E-state index contributed by atoms with van der Waals surface area (Å²) in [5, 5.41) is 15.2. The number of piperazine rings is 1. The molecule has 4 fully saturated rings. The Hall–Kier alpha value is -3.41. The molecule has 12 heteroatoms. The number of aromatic nitrogens is 3. The molecule has 2 N–H and O–H groups in total. The van der Waals surface area contributed by atoms with Gasteiger partial charge >= 0.3 is 6.01 Å². The van der Waals surface area contributed by atoms with Crippen LogP contribution < -0.4 is 15.0 Å². The second kappa shape index (κ2) is 10.0. The summed E-state index contributed by atoms with van der Waals surface area (Å²) >= 11 is 6.16. The van der Waals surface area contributed by atoms with Crippen molar-refractivity contribution in [1.29, 1.82) is 0 Å². The largest absolute Gasteiger partial charge is 0.508 e. The molecule has 45 heavy (non-hydrogen) atoms. The number of phenolic OH excluding ortho intramolecular Hbond substituents is 1. The molecule has 0 radical (unpaired) electrons. The van der Waals surface area contributed by atoms with Crippen molar-refractivity contribution in [2.24, 2.45) is 0 Å². The first-order valence-corrected chi connectivity index (χ1v) is 16.2. The molecule has 0 amide bonds. The summed E-state index contributed by atoms with van der Waals surface area (Å²) in [5.41, 5.74) is 0.199. The number of pyridine rings is 1. The Labute approximate surface area is 262 Å². The van der Waals surface area contributed by atoms with Gasteiger partial charge in [0.25, 0.3) is 0 Å². The van der Waals surface area contributed by atoms with Crippen LogP contribution in [0.15, 0.2) is 24.3 Å². The quantitative estimate of drug-likeness (QED) is 0.296. The van der Waals surface area contributed by atoms with E-state index in [-0.39, 0.29) is 57.6 Å². The first-order valence-electron chi connectivity index (χ1n) is 15.8. The van der Waals surface area contributed by atoms with Crippen LogP contribution in [0.5, 0.6) is 11.8 Å². The number of hydrogen-bond acceptors (Lipinski definition) is 8. The molecule has 5 atom stereocenters. The Morgan fingerprint density at radius 3 is 2.84 bits per heavy atom. The number of aryl methyl sites for hydroxylation is 1. The van der Waals surface area contributed by atoms with E-state index in [1.165, 1.54) is 18.2 Å². The second-order valence-electron chi connectivity index (χ2n) is 13.4. The number of ether oxygens (including phenoxy) is 1. The van der Waals surface area contributed by atoms with Gasteiger partial charge in [-0.05, 0) is 68.7 Å². The molecule has 9 rings (SSSR count). The van der Waals surface area contributed by atoms with Crippen LogP contribution in [0.1, 0.15) is 44.2 Å². The minimum absolute atomic E-state index is 0.0320. The summed E-state index contributed by atoms with van der Waals surface area (Å²) in [6, 6.07) is 6.45. The van der Waals surface area contributed by atoms with Crippen LogP contribution in [0, 0.1) is 11.6 Å². The van der Waals surface area contributed by atoms with Crippen molar-refractivity contribution >= 4 is 39.1 Å². The lowest BCUT2D eigenvalue weighted by molar-refractivity contribution is 0.107. The number of nitrogens with one attached hydrogen (secondary N) is 1. The zero-order valence-corrected chi connectivity index (χ0v) is 25.3. The zero-order chi connectivity index (χ0) is 30.6. The standard InChI is InChI=1S/C33H32ClF3N6O2/c34-21-4-2-16-10-19(44)11-20(25(16)27(21)36)29-28(37)30-26-23(39-29)6-7-24-22-5-3-18(38-22)14-43(24)31(26)41-32(40-30)45-15-33-8-1-9-42(33)13-17(35)12-33/h2,4,10-11,17-18,22,24,38,44H,1,3,5-9,12-15H2/t17-,18-,22+,24-,33+/m1/s1. The number of halogens is 4. The molecule has 234 valence electrons. The number of rotatable bonds is 4. The van der Waals surface area contributed by atoms with Crippen LogP contribution >= 0.6 is 11.6 Å². The van der Waals surface area contributed by atoms with Crippen LogP contribution in [0.25, 0.3) is 32.9 Å². The van der Waals surface area contributed by atoms with Gasteiger partial charge in [-0.25, -0.2) is 18.2 Å². The van der Waals surface area contributed by atoms with Crippen molar-refractivity contribution in [1.82, 2.24) is 25.2 Å². The van der Waals surface area contributed by atoms with Gasteiger partial charge in [-0.15, -0.1) is 0 Å². The highest BCUT2D eigenvalue weighted by Gasteiger charge is 2.50. The third-order valence-corrected chi connectivity index (χ3v) is 11.1. The molecule has 8 nitrogen and oxygen atoms in total. The normalized spacial score (nSPS) is 28.9. The first-order chi connectivity index (χ1) is 21.8. The maximum absolute atomic E-state index is 16.9. The van der Waals surface area contributed by atoms with Crippen LogP contribution in [0.4, 0.5) is 19.0 Å². The van der Waals surface area contributed by atoms with Gasteiger partial charge in [-0.2, -0.15) is 9.97 Å². The summed E-state index contributed by atoms with van der Waals surface area (Å²) in [4.78, 5) is 18.8. The van der Waals surface area contributed by atoms with Gasteiger partial charge in [0, 0.05) is 48.6 Å². The fraction of sp³-hybridized carbons (Fsp3) is 0.485. The van der Waals surface area contributed by atoms with E-state index in [1.54, 1.807) is 6.07 Å². The van der Waals surface area contributed by atoms with Gasteiger partial charge in [-0.3, -0.25) is 4.90 Å². The summed E-state index contributed by atoms with van der Waals surface area (Å²) < 4.78 is 53.3. The molecule has 2 bridgehead atoms. The van der Waals surface area contributed by atoms with E-state index in [9.17, 15) is 9.50 Å². The van der Waals surface area contributed by atoms with Crippen molar-refractivity contribution in [2.45, 2.75) is 74.8 Å². The summed E-state index contributed by atoms with van der Waals surface area (Å²) in [6.45, 7) is 2.15. The van der Waals surface area contributed by atoms with Crippen molar-refractivity contribution in [3.8, 4) is 23.0 Å². The molecule has 0 spiro atoms. The van der Waals surface area contributed by atoms with Crippen molar-refractivity contribution in [3.63, 3.8) is 0 Å². The number of hydrogen-bond donors (Lipinski definition) is 2. The van der Waals surface area contributed by atoms with Gasteiger partial charge in [0.15, 0.2) is 5.82 Å². The highest BCUT2D eigenvalue weighted by molar-refractivity contribution is 6.31. The maximum atomic E-state index is 16.9. The SMILES string of the molecule is Oc1cc(-c2nc3c4c(nc(OC[C@@]56CCCN5C[C@H](F)C6)nc4c2F)N2C[C@H]4CC[C@H](N4)[C@H]2CC3)c2c(F)c(Cl)ccc2c1. The maximum Gasteiger partial charge on any atom is 0.319 e. The molecule has 5 aliphatic heterocycles. The summed E-state index contributed by atoms with van der Waals surface area (Å²) in [5.74, 6) is -1.03. The van der Waals surface area contributed by atoms with Crippen molar-refractivity contribution in [2.75, 3.05) is 31.1 Å². The number of anilines is 1. The Balaban J connectivity index is 1.24.